The lowest BCUT2D eigenvalue weighted by Crippen LogP contribution is -1.83. The molecule has 0 bridgehead atoms. The highest BCUT2D eigenvalue weighted by Gasteiger charge is 1.83. The largest absolute Gasteiger partial charge is 0.265 e. The quantitative estimate of drug-likeness (QED) is 0.474. The minimum Gasteiger partial charge on any atom is -0.265 e. The molecule has 0 amide bonds. The van der Waals surface area contributed by atoms with E-state index in [9.17, 15) is 4.91 Å². The average molecular weight is 123 g/mol. The Morgan fingerprint density at radius 1 is 1.44 bits per heavy atom. The van der Waals surface area contributed by atoms with Crippen LogP contribution < -0.4 is 5.43 Å². The fraction of sp³-hybridized carbons (Fsp3) is 0. The molecule has 1 rings (SSSR count). The molecule has 0 aliphatic rings. The summed E-state index contributed by atoms with van der Waals surface area (Å²) < 4.78 is 0. The fourth-order valence-electron chi connectivity index (χ4n) is 0.479. The van der Waals surface area contributed by atoms with Gasteiger partial charge in [0.05, 0.1) is 11.0 Å². The molecule has 1 N–H and O–H groups in total. The van der Waals surface area contributed by atoms with Gasteiger partial charge in [0, 0.05) is 12.4 Å². The molecule has 9 heavy (non-hydrogen) atoms. The van der Waals surface area contributed by atoms with Crippen molar-refractivity contribution in [2.24, 2.45) is 5.29 Å². The van der Waals surface area contributed by atoms with Gasteiger partial charge in [-0.2, -0.15) is 0 Å². The lowest BCUT2D eigenvalue weighted by atomic mass is 10.4. The van der Waals surface area contributed by atoms with Crippen LogP contribution in [-0.4, -0.2) is 4.98 Å². The number of pyridine rings is 1. The molecule has 0 radical (unpaired) electrons. The summed E-state index contributed by atoms with van der Waals surface area (Å²) in [6.07, 6.45) is 3.15. The molecule has 0 fully saturated rings. The first-order chi connectivity index (χ1) is 4.43. The van der Waals surface area contributed by atoms with Crippen LogP contribution in [0.3, 0.4) is 0 Å². The van der Waals surface area contributed by atoms with Gasteiger partial charge in [-0.05, 0) is 12.1 Å². The summed E-state index contributed by atoms with van der Waals surface area (Å²) >= 11 is 0. The Hall–Kier alpha value is -1.45. The van der Waals surface area contributed by atoms with E-state index in [1.807, 2.05) is 0 Å². The highest BCUT2D eigenvalue weighted by molar-refractivity contribution is 5.39. The molecule has 0 saturated heterocycles. The van der Waals surface area contributed by atoms with Crippen LogP contribution in [0.25, 0.3) is 0 Å². The van der Waals surface area contributed by atoms with Crippen LogP contribution in [0, 0.1) is 4.91 Å². The van der Waals surface area contributed by atoms with E-state index in [0.717, 1.165) is 0 Å². The molecule has 1 heterocycles. The van der Waals surface area contributed by atoms with Crippen molar-refractivity contribution in [2.45, 2.75) is 0 Å². The van der Waals surface area contributed by atoms with Gasteiger partial charge in [-0.1, -0.05) is 0 Å². The number of nitroso groups, excluding NO2 is 1. The second kappa shape index (κ2) is 2.76. The predicted molar refractivity (Wildman–Crippen MR) is 33.7 cm³/mol. The minimum atomic E-state index is 0.653. The summed E-state index contributed by atoms with van der Waals surface area (Å²) in [6, 6.07) is 3.31. The summed E-state index contributed by atoms with van der Waals surface area (Å²) in [5.74, 6) is 0. The third-order valence-corrected chi connectivity index (χ3v) is 0.855. The molecule has 4 heteroatoms. The number of nitrogens with zero attached hydrogens (tertiary/aromatic N) is 2. The van der Waals surface area contributed by atoms with E-state index in [1.165, 1.54) is 0 Å². The molecule has 0 saturated carbocycles. The Labute approximate surface area is 51.9 Å². The first kappa shape index (κ1) is 5.68. The second-order valence-electron chi connectivity index (χ2n) is 1.44. The highest BCUT2D eigenvalue weighted by Crippen LogP contribution is 2.01. The zero-order valence-corrected chi connectivity index (χ0v) is 4.61. The third kappa shape index (κ3) is 1.49. The monoisotopic (exact) mass is 123 g/mol. The van der Waals surface area contributed by atoms with Gasteiger partial charge in [0.15, 0.2) is 0 Å². The molecule has 0 aliphatic heterocycles. The van der Waals surface area contributed by atoms with Gasteiger partial charge in [0.25, 0.3) is 0 Å². The molecular weight excluding hydrogens is 118 g/mol. The summed E-state index contributed by atoms with van der Waals surface area (Å²) in [4.78, 5) is 13.3. The molecule has 1 aromatic heterocycles. The summed E-state index contributed by atoms with van der Waals surface area (Å²) in [5.41, 5.74) is 2.89. The van der Waals surface area contributed by atoms with Crippen molar-refractivity contribution in [3.8, 4) is 0 Å². The second-order valence-corrected chi connectivity index (χ2v) is 1.44. The molecular formula is C5H5N3O. The Bertz CT molecular complexity index is 187. The number of hydrogen-bond acceptors (Lipinski definition) is 3. The lowest BCUT2D eigenvalue weighted by Gasteiger charge is -1.90. The van der Waals surface area contributed by atoms with Gasteiger partial charge in [0.2, 0.25) is 0 Å². The van der Waals surface area contributed by atoms with E-state index >= 15 is 0 Å². The number of anilines is 1. The average Bonchev–Trinajstić information content (AvgIpc) is 1.91. The van der Waals surface area contributed by atoms with Crippen LogP contribution in [0.2, 0.25) is 0 Å². The summed E-state index contributed by atoms with van der Waals surface area (Å²) in [6.45, 7) is 0. The number of nitrogens with one attached hydrogen (secondary N) is 1. The maximum Gasteiger partial charge on any atom is 0.0624 e. The first-order valence-corrected chi connectivity index (χ1v) is 2.42. The standard InChI is InChI=1S/C5H5N3O/c9-8-7-5-1-3-6-4-2-5/h1-4H,(H,6,7,9). The van der Waals surface area contributed by atoms with Crippen molar-refractivity contribution in [3.63, 3.8) is 0 Å². The van der Waals surface area contributed by atoms with E-state index in [1.54, 1.807) is 24.5 Å². The van der Waals surface area contributed by atoms with Gasteiger partial charge >= 0.3 is 0 Å². The van der Waals surface area contributed by atoms with Gasteiger partial charge in [0.1, 0.15) is 0 Å². The molecule has 46 valence electrons. The Morgan fingerprint density at radius 2 is 2.11 bits per heavy atom. The van der Waals surface area contributed by atoms with Crippen LogP contribution >= 0.6 is 0 Å². The number of aromatic nitrogens is 1. The van der Waals surface area contributed by atoms with E-state index in [-0.39, 0.29) is 0 Å². The molecule has 4 nitrogen and oxygen atoms in total. The molecule has 0 aliphatic carbocycles. The molecule has 0 spiro atoms. The Balaban J connectivity index is 2.72. The van der Waals surface area contributed by atoms with Gasteiger partial charge < -0.3 is 0 Å². The van der Waals surface area contributed by atoms with Crippen LogP contribution in [0.5, 0.6) is 0 Å². The zero-order chi connectivity index (χ0) is 6.53. The molecule has 0 atom stereocenters. The summed E-state index contributed by atoms with van der Waals surface area (Å²) in [7, 11) is 0. The number of hydrogen-bond donors (Lipinski definition) is 1. The van der Waals surface area contributed by atoms with Gasteiger partial charge in [-0.25, -0.2) is 5.43 Å². The van der Waals surface area contributed by atoms with E-state index in [4.69, 9.17) is 0 Å². The summed E-state index contributed by atoms with van der Waals surface area (Å²) in [5, 5.41) is 2.48. The van der Waals surface area contributed by atoms with Gasteiger partial charge in [-0.3, -0.25) is 4.98 Å². The zero-order valence-electron chi connectivity index (χ0n) is 4.61. The van der Waals surface area contributed by atoms with Crippen LogP contribution in [0.15, 0.2) is 29.8 Å². The van der Waals surface area contributed by atoms with Gasteiger partial charge in [-0.15, -0.1) is 4.91 Å². The van der Waals surface area contributed by atoms with E-state index < -0.39 is 0 Å². The van der Waals surface area contributed by atoms with Crippen molar-refractivity contribution in [2.75, 3.05) is 5.43 Å². The Morgan fingerprint density at radius 3 is 2.67 bits per heavy atom. The van der Waals surface area contributed by atoms with Crippen molar-refractivity contribution in [3.05, 3.63) is 29.4 Å². The topological polar surface area (TPSA) is 54.4 Å². The predicted octanol–water partition coefficient (Wildman–Crippen LogP) is 1.17. The molecule has 1 aromatic rings. The van der Waals surface area contributed by atoms with Crippen LogP contribution in [0.1, 0.15) is 0 Å². The van der Waals surface area contributed by atoms with Crippen LogP contribution in [0.4, 0.5) is 5.69 Å². The maximum atomic E-state index is 9.59. The Kier molecular flexibility index (Phi) is 1.74. The third-order valence-electron chi connectivity index (χ3n) is 0.855. The SMILES string of the molecule is O=NNc1ccncc1. The normalized spacial score (nSPS) is 8.44. The fourth-order valence-corrected chi connectivity index (χ4v) is 0.479. The smallest absolute Gasteiger partial charge is 0.0624 e. The molecule has 0 aromatic carbocycles. The van der Waals surface area contributed by atoms with E-state index in [2.05, 4.69) is 15.7 Å². The van der Waals surface area contributed by atoms with Crippen molar-refractivity contribution >= 4 is 5.69 Å². The van der Waals surface area contributed by atoms with Crippen molar-refractivity contribution in [1.29, 1.82) is 0 Å². The van der Waals surface area contributed by atoms with Crippen molar-refractivity contribution < 1.29 is 0 Å². The number of rotatable bonds is 2. The minimum absolute atomic E-state index is 0.653. The van der Waals surface area contributed by atoms with Crippen molar-refractivity contribution in [1.82, 2.24) is 4.98 Å². The first-order valence-electron chi connectivity index (χ1n) is 2.42. The van der Waals surface area contributed by atoms with Crippen LogP contribution in [-0.2, 0) is 0 Å². The lowest BCUT2D eigenvalue weighted by molar-refractivity contribution is 1.27. The molecule has 0 unspecified atom stereocenters. The maximum absolute atomic E-state index is 9.59. The highest BCUT2D eigenvalue weighted by atomic mass is 16.3. The van der Waals surface area contributed by atoms with E-state index in [0.29, 0.717) is 5.69 Å².